The van der Waals surface area contributed by atoms with Gasteiger partial charge >= 0.3 is 0 Å². The monoisotopic (exact) mass is 265 g/mol. The first-order chi connectivity index (χ1) is 5.16. The topological polar surface area (TPSA) is 26.0 Å². The van der Waals surface area contributed by atoms with Gasteiger partial charge in [0.25, 0.3) is 0 Å². The van der Waals surface area contributed by atoms with Gasteiger partial charge in [-0.15, -0.1) is 0 Å². The molecule has 0 aliphatic carbocycles. The van der Waals surface area contributed by atoms with E-state index in [1.165, 1.54) is 0 Å². The lowest BCUT2D eigenvalue weighted by atomic mass is 10.1. The third-order valence-corrected chi connectivity index (χ3v) is 2.59. The zero-order valence-corrected chi connectivity index (χ0v) is 8.35. The van der Waals surface area contributed by atoms with E-state index in [2.05, 4.69) is 22.6 Å². The van der Waals surface area contributed by atoms with E-state index in [4.69, 9.17) is 5.73 Å². The van der Waals surface area contributed by atoms with Crippen LogP contribution in [0.4, 0.5) is 4.39 Å². The lowest BCUT2D eigenvalue weighted by molar-refractivity contribution is 0.600. The van der Waals surface area contributed by atoms with Crippen molar-refractivity contribution in [1.29, 1.82) is 0 Å². The summed E-state index contributed by atoms with van der Waals surface area (Å²) in [5.41, 5.74) is 6.65. The van der Waals surface area contributed by atoms with Crippen LogP contribution in [-0.4, -0.2) is 0 Å². The van der Waals surface area contributed by atoms with Gasteiger partial charge in [-0.1, -0.05) is 6.07 Å². The molecule has 0 radical (unpaired) electrons. The lowest BCUT2D eigenvalue weighted by Gasteiger charge is -2.04. The third kappa shape index (κ3) is 1.70. The summed E-state index contributed by atoms with van der Waals surface area (Å²) >= 11 is 2.08. The zero-order valence-electron chi connectivity index (χ0n) is 6.20. The first kappa shape index (κ1) is 8.93. The molecule has 60 valence electrons. The second-order valence-corrected chi connectivity index (χ2v) is 3.52. The molecule has 0 fully saturated rings. The van der Waals surface area contributed by atoms with Crippen molar-refractivity contribution in [3.8, 4) is 0 Å². The Labute approximate surface area is 78.9 Å². The summed E-state index contributed by atoms with van der Waals surface area (Å²) in [5.74, 6) is -0.167. The standard InChI is InChI=1S/C8H9FIN/c1-5-2-3-7(10)6(4-11)8(5)9/h2-3H,4,11H2,1H3. The molecular formula is C8H9FIN. The second kappa shape index (κ2) is 3.49. The second-order valence-electron chi connectivity index (χ2n) is 2.36. The summed E-state index contributed by atoms with van der Waals surface area (Å²) in [7, 11) is 0. The number of hydrogen-bond donors (Lipinski definition) is 1. The van der Waals surface area contributed by atoms with Crippen LogP contribution in [0.3, 0.4) is 0 Å². The molecule has 0 aromatic heterocycles. The van der Waals surface area contributed by atoms with E-state index in [1.807, 2.05) is 6.07 Å². The lowest BCUT2D eigenvalue weighted by Crippen LogP contribution is -2.03. The van der Waals surface area contributed by atoms with Gasteiger partial charge in [-0.3, -0.25) is 0 Å². The Morgan fingerprint density at radius 2 is 2.18 bits per heavy atom. The highest BCUT2D eigenvalue weighted by Crippen LogP contribution is 2.18. The van der Waals surface area contributed by atoms with Crippen LogP contribution in [0.15, 0.2) is 12.1 Å². The highest BCUT2D eigenvalue weighted by Gasteiger charge is 2.06. The Bertz CT molecular complexity index is 273. The van der Waals surface area contributed by atoms with Crippen molar-refractivity contribution in [3.05, 3.63) is 32.6 Å². The largest absolute Gasteiger partial charge is 0.326 e. The number of rotatable bonds is 1. The van der Waals surface area contributed by atoms with E-state index in [9.17, 15) is 4.39 Å². The fraction of sp³-hybridized carbons (Fsp3) is 0.250. The minimum absolute atomic E-state index is 0.167. The van der Waals surface area contributed by atoms with Gasteiger partial charge in [-0.05, 0) is 41.1 Å². The molecule has 0 spiro atoms. The first-order valence-corrected chi connectivity index (χ1v) is 4.38. The van der Waals surface area contributed by atoms with Crippen LogP contribution in [0.1, 0.15) is 11.1 Å². The van der Waals surface area contributed by atoms with Crippen LogP contribution in [-0.2, 0) is 6.54 Å². The molecule has 1 aromatic rings. The normalized spacial score (nSPS) is 10.2. The molecule has 3 heteroatoms. The highest BCUT2D eigenvalue weighted by molar-refractivity contribution is 14.1. The molecule has 0 bridgehead atoms. The minimum Gasteiger partial charge on any atom is -0.326 e. The Kier molecular flexibility index (Phi) is 2.84. The van der Waals surface area contributed by atoms with Crippen molar-refractivity contribution in [2.75, 3.05) is 0 Å². The molecule has 0 amide bonds. The van der Waals surface area contributed by atoms with Crippen molar-refractivity contribution in [2.24, 2.45) is 5.73 Å². The van der Waals surface area contributed by atoms with Gasteiger partial charge in [0.2, 0.25) is 0 Å². The van der Waals surface area contributed by atoms with Crippen LogP contribution < -0.4 is 5.73 Å². The minimum atomic E-state index is -0.167. The van der Waals surface area contributed by atoms with Crippen molar-refractivity contribution >= 4 is 22.6 Å². The molecule has 0 saturated carbocycles. The molecule has 1 nitrogen and oxygen atoms in total. The van der Waals surface area contributed by atoms with E-state index in [1.54, 1.807) is 13.0 Å². The van der Waals surface area contributed by atoms with E-state index >= 15 is 0 Å². The molecule has 11 heavy (non-hydrogen) atoms. The van der Waals surface area contributed by atoms with Crippen LogP contribution in [0.2, 0.25) is 0 Å². The smallest absolute Gasteiger partial charge is 0.131 e. The summed E-state index contributed by atoms with van der Waals surface area (Å²) in [5, 5.41) is 0. The highest BCUT2D eigenvalue weighted by atomic mass is 127. The van der Waals surface area contributed by atoms with Gasteiger partial charge in [0.05, 0.1) is 0 Å². The molecule has 0 unspecified atom stereocenters. The molecule has 2 N–H and O–H groups in total. The van der Waals surface area contributed by atoms with Crippen molar-refractivity contribution in [2.45, 2.75) is 13.5 Å². The van der Waals surface area contributed by atoms with Crippen LogP contribution >= 0.6 is 22.6 Å². The zero-order chi connectivity index (χ0) is 8.43. The summed E-state index contributed by atoms with van der Waals surface area (Å²) in [6.07, 6.45) is 0. The number of aryl methyl sites for hydroxylation is 1. The average Bonchev–Trinajstić information content (AvgIpc) is 1.99. The fourth-order valence-electron chi connectivity index (χ4n) is 0.902. The number of halogens is 2. The maximum absolute atomic E-state index is 13.2. The van der Waals surface area contributed by atoms with E-state index in [0.717, 1.165) is 3.57 Å². The van der Waals surface area contributed by atoms with Gasteiger partial charge < -0.3 is 5.73 Å². The molecule has 0 aliphatic heterocycles. The maximum atomic E-state index is 13.2. The van der Waals surface area contributed by atoms with Crippen molar-refractivity contribution in [3.63, 3.8) is 0 Å². The number of nitrogens with two attached hydrogens (primary N) is 1. The molecule has 1 rings (SSSR count). The van der Waals surface area contributed by atoms with E-state index in [0.29, 0.717) is 11.1 Å². The fourth-order valence-corrected chi connectivity index (χ4v) is 1.54. The maximum Gasteiger partial charge on any atom is 0.131 e. The average molecular weight is 265 g/mol. The van der Waals surface area contributed by atoms with E-state index in [-0.39, 0.29) is 12.4 Å². The van der Waals surface area contributed by atoms with Gasteiger partial charge in [0.15, 0.2) is 0 Å². The number of benzene rings is 1. The van der Waals surface area contributed by atoms with Crippen molar-refractivity contribution < 1.29 is 4.39 Å². The Morgan fingerprint density at radius 1 is 1.55 bits per heavy atom. The Balaban J connectivity index is 3.29. The molecule has 0 heterocycles. The number of hydrogen-bond acceptors (Lipinski definition) is 1. The molecule has 0 saturated heterocycles. The SMILES string of the molecule is Cc1ccc(I)c(CN)c1F. The Hall–Kier alpha value is -0.160. The predicted molar refractivity (Wildman–Crippen MR) is 51.7 cm³/mol. The molecule has 0 aliphatic rings. The molecular weight excluding hydrogens is 256 g/mol. The predicted octanol–water partition coefficient (Wildman–Crippen LogP) is 2.20. The van der Waals surface area contributed by atoms with Crippen LogP contribution in [0.5, 0.6) is 0 Å². The van der Waals surface area contributed by atoms with Crippen LogP contribution in [0.25, 0.3) is 0 Å². The molecule has 1 aromatic carbocycles. The van der Waals surface area contributed by atoms with Gasteiger partial charge in [0, 0.05) is 15.7 Å². The summed E-state index contributed by atoms with van der Waals surface area (Å²) in [6, 6.07) is 3.64. The summed E-state index contributed by atoms with van der Waals surface area (Å²) in [6.45, 7) is 2.01. The first-order valence-electron chi connectivity index (χ1n) is 3.30. The van der Waals surface area contributed by atoms with Gasteiger partial charge in [0.1, 0.15) is 5.82 Å². The van der Waals surface area contributed by atoms with E-state index < -0.39 is 0 Å². The Morgan fingerprint density at radius 3 is 2.64 bits per heavy atom. The van der Waals surface area contributed by atoms with Crippen LogP contribution in [0, 0.1) is 16.3 Å². The summed E-state index contributed by atoms with van der Waals surface area (Å²) < 4.78 is 14.1. The van der Waals surface area contributed by atoms with Gasteiger partial charge in [-0.25, -0.2) is 4.39 Å². The quantitative estimate of drug-likeness (QED) is 0.774. The third-order valence-electron chi connectivity index (χ3n) is 1.58. The summed E-state index contributed by atoms with van der Waals surface area (Å²) in [4.78, 5) is 0. The van der Waals surface area contributed by atoms with Crippen molar-refractivity contribution in [1.82, 2.24) is 0 Å². The van der Waals surface area contributed by atoms with Gasteiger partial charge in [-0.2, -0.15) is 0 Å². The molecule has 0 atom stereocenters.